The summed E-state index contributed by atoms with van der Waals surface area (Å²) in [5, 5.41) is 8.54. The fourth-order valence-electron chi connectivity index (χ4n) is 1.07. The van der Waals surface area contributed by atoms with Crippen LogP contribution < -0.4 is 0 Å². The van der Waals surface area contributed by atoms with Crippen molar-refractivity contribution < 1.29 is 5.11 Å². The molecule has 1 nitrogen and oxygen atoms in total. The van der Waals surface area contributed by atoms with Crippen molar-refractivity contribution in [1.29, 1.82) is 0 Å². The highest BCUT2D eigenvalue weighted by Gasteiger charge is 1.83. The molecule has 0 aliphatic rings. The Balaban J connectivity index is 3.12. The zero-order valence-corrected chi connectivity index (χ0v) is 8.71. The molecule has 0 aliphatic carbocycles. The molecule has 1 heteroatoms. The van der Waals surface area contributed by atoms with Crippen molar-refractivity contribution in [2.45, 2.75) is 45.4 Å². The Morgan fingerprint density at radius 2 is 1.62 bits per heavy atom. The molecule has 0 radical (unpaired) electrons. The average molecular weight is 182 g/mol. The van der Waals surface area contributed by atoms with E-state index in [0.717, 1.165) is 19.3 Å². The lowest BCUT2D eigenvalue weighted by Crippen LogP contribution is -1.81. The number of aliphatic hydroxyl groups excluding tert-OH is 1. The predicted octanol–water partition coefficient (Wildman–Crippen LogP) is 3.45. The quantitative estimate of drug-likeness (QED) is 0.450. The molecule has 0 aromatic carbocycles. The molecule has 0 amide bonds. The van der Waals surface area contributed by atoms with E-state index in [1.54, 1.807) is 0 Å². The van der Waals surface area contributed by atoms with Crippen LogP contribution in [0, 0.1) is 0 Å². The fraction of sp³-hybridized carbons (Fsp3) is 0.667. The summed E-state index contributed by atoms with van der Waals surface area (Å²) in [6, 6.07) is 0. The molecule has 0 spiro atoms. The first-order valence-electron chi connectivity index (χ1n) is 5.34. The van der Waals surface area contributed by atoms with E-state index in [9.17, 15) is 0 Å². The number of hydrogen-bond acceptors (Lipinski definition) is 1. The van der Waals surface area contributed by atoms with Gasteiger partial charge in [0.05, 0.1) is 0 Å². The summed E-state index contributed by atoms with van der Waals surface area (Å²) in [4.78, 5) is 0. The molecular weight excluding hydrogens is 160 g/mol. The molecule has 0 bridgehead atoms. The average Bonchev–Trinajstić information content (AvgIpc) is 2.16. The van der Waals surface area contributed by atoms with Crippen LogP contribution >= 0.6 is 0 Å². The summed E-state index contributed by atoms with van der Waals surface area (Å²) in [5.41, 5.74) is 0. The van der Waals surface area contributed by atoms with Gasteiger partial charge in [0.2, 0.25) is 0 Å². The van der Waals surface area contributed by atoms with Gasteiger partial charge in [-0.15, -0.1) is 0 Å². The van der Waals surface area contributed by atoms with Gasteiger partial charge in [0, 0.05) is 6.61 Å². The summed E-state index contributed by atoms with van der Waals surface area (Å²) in [6.45, 7) is 2.52. The van der Waals surface area contributed by atoms with Crippen LogP contribution in [-0.4, -0.2) is 11.7 Å². The SMILES string of the molecule is CCC/C=C\C=C/CCCCCO. The maximum absolute atomic E-state index is 8.54. The molecule has 13 heavy (non-hydrogen) atoms. The monoisotopic (exact) mass is 182 g/mol. The molecule has 0 atom stereocenters. The highest BCUT2D eigenvalue weighted by molar-refractivity contribution is 5.01. The minimum Gasteiger partial charge on any atom is -0.396 e. The van der Waals surface area contributed by atoms with E-state index in [1.165, 1.54) is 19.3 Å². The molecule has 1 N–H and O–H groups in total. The molecule has 0 aromatic rings. The van der Waals surface area contributed by atoms with Gasteiger partial charge >= 0.3 is 0 Å². The van der Waals surface area contributed by atoms with Gasteiger partial charge < -0.3 is 5.11 Å². The van der Waals surface area contributed by atoms with Crippen LogP contribution in [0.15, 0.2) is 24.3 Å². The van der Waals surface area contributed by atoms with Crippen molar-refractivity contribution >= 4 is 0 Å². The molecule has 0 saturated heterocycles. The van der Waals surface area contributed by atoms with Gasteiger partial charge in [0.1, 0.15) is 0 Å². The molecule has 0 unspecified atom stereocenters. The number of rotatable bonds is 8. The van der Waals surface area contributed by atoms with E-state index in [1.807, 2.05) is 0 Å². The normalized spacial score (nSPS) is 11.8. The van der Waals surface area contributed by atoms with Crippen LogP contribution in [0.5, 0.6) is 0 Å². The zero-order chi connectivity index (χ0) is 9.78. The van der Waals surface area contributed by atoms with E-state index in [4.69, 9.17) is 5.11 Å². The lowest BCUT2D eigenvalue weighted by atomic mass is 10.2. The lowest BCUT2D eigenvalue weighted by molar-refractivity contribution is 0.283. The van der Waals surface area contributed by atoms with E-state index >= 15 is 0 Å². The largest absolute Gasteiger partial charge is 0.396 e. The highest BCUT2D eigenvalue weighted by Crippen LogP contribution is 2.00. The van der Waals surface area contributed by atoms with Gasteiger partial charge in [0.25, 0.3) is 0 Å². The third-order valence-electron chi connectivity index (χ3n) is 1.87. The first-order valence-corrected chi connectivity index (χ1v) is 5.34. The second kappa shape index (κ2) is 11.4. The maximum Gasteiger partial charge on any atom is 0.0431 e. The number of allylic oxidation sites excluding steroid dienone is 4. The van der Waals surface area contributed by atoms with E-state index in [-0.39, 0.29) is 0 Å². The molecule has 0 heterocycles. The van der Waals surface area contributed by atoms with E-state index in [0.29, 0.717) is 6.61 Å². The standard InChI is InChI=1S/C12H22O/c1-2-3-4-5-6-7-8-9-10-11-12-13/h4-7,13H,2-3,8-12H2,1H3/b5-4-,7-6-. The summed E-state index contributed by atoms with van der Waals surface area (Å²) in [7, 11) is 0. The Kier molecular flexibility index (Phi) is 10.9. The van der Waals surface area contributed by atoms with Crippen LogP contribution in [0.1, 0.15) is 45.4 Å². The van der Waals surface area contributed by atoms with Crippen LogP contribution in [-0.2, 0) is 0 Å². The van der Waals surface area contributed by atoms with Gasteiger partial charge in [0.15, 0.2) is 0 Å². The molecule has 0 saturated carbocycles. The van der Waals surface area contributed by atoms with Crippen molar-refractivity contribution in [3.63, 3.8) is 0 Å². The summed E-state index contributed by atoms with van der Waals surface area (Å²) in [6.07, 6.45) is 15.4. The van der Waals surface area contributed by atoms with Crippen molar-refractivity contribution in [3.05, 3.63) is 24.3 Å². The molecule has 0 aromatic heterocycles. The Morgan fingerprint density at radius 3 is 2.23 bits per heavy atom. The summed E-state index contributed by atoms with van der Waals surface area (Å²) < 4.78 is 0. The van der Waals surface area contributed by atoms with Crippen LogP contribution in [0.25, 0.3) is 0 Å². The predicted molar refractivity (Wildman–Crippen MR) is 58.7 cm³/mol. The lowest BCUT2D eigenvalue weighted by Gasteiger charge is -1.92. The van der Waals surface area contributed by atoms with Crippen molar-refractivity contribution in [3.8, 4) is 0 Å². The van der Waals surface area contributed by atoms with Crippen LogP contribution in [0.3, 0.4) is 0 Å². The minimum atomic E-state index is 0.333. The Bertz CT molecular complexity index is 136. The molecule has 0 fully saturated rings. The third kappa shape index (κ3) is 11.4. The first-order chi connectivity index (χ1) is 6.41. The van der Waals surface area contributed by atoms with Crippen LogP contribution in [0.4, 0.5) is 0 Å². The second-order valence-electron chi connectivity index (χ2n) is 3.22. The number of aliphatic hydroxyl groups is 1. The fourth-order valence-corrected chi connectivity index (χ4v) is 1.07. The van der Waals surface area contributed by atoms with Gasteiger partial charge in [-0.1, -0.05) is 44.1 Å². The third-order valence-corrected chi connectivity index (χ3v) is 1.87. The van der Waals surface area contributed by atoms with Crippen LogP contribution in [0.2, 0.25) is 0 Å². The smallest absolute Gasteiger partial charge is 0.0431 e. The van der Waals surface area contributed by atoms with Gasteiger partial charge in [-0.3, -0.25) is 0 Å². The Morgan fingerprint density at radius 1 is 0.923 bits per heavy atom. The Hall–Kier alpha value is -0.560. The molecule has 0 aliphatic heterocycles. The van der Waals surface area contributed by atoms with Crippen molar-refractivity contribution in [1.82, 2.24) is 0 Å². The number of unbranched alkanes of at least 4 members (excludes halogenated alkanes) is 4. The molecule has 0 rings (SSSR count). The van der Waals surface area contributed by atoms with E-state index < -0.39 is 0 Å². The summed E-state index contributed by atoms with van der Waals surface area (Å²) >= 11 is 0. The van der Waals surface area contributed by atoms with Crippen molar-refractivity contribution in [2.75, 3.05) is 6.61 Å². The molecular formula is C12H22O. The summed E-state index contributed by atoms with van der Waals surface area (Å²) in [5.74, 6) is 0. The zero-order valence-electron chi connectivity index (χ0n) is 8.71. The number of hydrogen-bond donors (Lipinski definition) is 1. The topological polar surface area (TPSA) is 20.2 Å². The first kappa shape index (κ1) is 12.4. The second-order valence-corrected chi connectivity index (χ2v) is 3.22. The van der Waals surface area contributed by atoms with Gasteiger partial charge in [-0.05, 0) is 25.7 Å². The maximum atomic E-state index is 8.54. The molecule has 76 valence electrons. The van der Waals surface area contributed by atoms with Gasteiger partial charge in [-0.25, -0.2) is 0 Å². The van der Waals surface area contributed by atoms with Gasteiger partial charge in [-0.2, -0.15) is 0 Å². The minimum absolute atomic E-state index is 0.333. The Labute approximate surface area is 82.2 Å². The van der Waals surface area contributed by atoms with E-state index in [2.05, 4.69) is 31.2 Å². The highest BCUT2D eigenvalue weighted by atomic mass is 16.2. The van der Waals surface area contributed by atoms with Crippen molar-refractivity contribution in [2.24, 2.45) is 0 Å².